The molecule has 0 aliphatic rings. The number of rotatable bonds is 8. The van der Waals surface area contributed by atoms with Gasteiger partial charge in [-0.25, -0.2) is 4.39 Å². The third-order valence-electron chi connectivity index (χ3n) is 3.16. The molecule has 0 radical (unpaired) electrons. The largest absolute Gasteiger partial charge is 0.309 e. The highest BCUT2D eigenvalue weighted by Gasteiger charge is 2.16. The van der Waals surface area contributed by atoms with E-state index in [-0.39, 0.29) is 11.9 Å². The van der Waals surface area contributed by atoms with Gasteiger partial charge in [0.05, 0.1) is 0 Å². The summed E-state index contributed by atoms with van der Waals surface area (Å²) >= 11 is 0. The number of halogens is 1. The third-order valence-corrected chi connectivity index (χ3v) is 3.16. The van der Waals surface area contributed by atoms with Crippen molar-refractivity contribution in [3.63, 3.8) is 0 Å². The number of nitrogens with one attached hydrogen (secondary N) is 1. The monoisotopic (exact) mass is 252 g/mol. The molecule has 0 aliphatic carbocycles. The van der Waals surface area contributed by atoms with E-state index in [1.807, 2.05) is 12.1 Å². The number of benzene rings is 1. The highest BCUT2D eigenvalue weighted by Crippen LogP contribution is 2.18. The van der Waals surface area contributed by atoms with Crippen molar-refractivity contribution >= 4 is 0 Å². The summed E-state index contributed by atoms with van der Waals surface area (Å²) in [5.41, 5.74) is 0.772. The lowest BCUT2D eigenvalue weighted by atomic mass is 10.1. The Morgan fingerprint density at radius 2 is 1.94 bits per heavy atom. The molecule has 3 heteroatoms. The van der Waals surface area contributed by atoms with Gasteiger partial charge in [-0.3, -0.25) is 0 Å². The highest BCUT2D eigenvalue weighted by molar-refractivity contribution is 5.21. The summed E-state index contributed by atoms with van der Waals surface area (Å²) < 4.78 is 13.8. The van der Waals surface area contributed by atoms with Crippen LogP contribution in [0.2, 0.25) is 0 Å². The summed E-state index contributed by atoms with van der Waals surface area (Å²) in [5.74, 6) is -0.115. The fraction of sp³-hybridized carbons (Fsp3) is 0.600. The van der Waals surface area contributed by atoms with Crippen molar-refractivity contribution in [1.82, 2.24) is 10.2 Å². The average molecular weight is 252 g/mol. The van der Waals surface area contributed by atoms with Crippen LogP contribution in [0.5, 0.6) is 0 Å². The zero-order chi connectivity index (χ0) is 13.4. The van der Waals surface area contributed by atoms with Gasteiger partial charge in [-0.05, 0) is 32.1 Å². The third kappa shape index (κ3) is 4.39. The van der Waals surface area contributed by atoms with Crippen molar-refractivity contribution < 1.29 is 4.39 Å². The molecule has 1 atom stereocenters. The minimum atomic E-state index is -0.115. The minimum Gasteiger partial charge on any atom is -0.309 e. The molecule has 0 bridgehead atoms. The highest BCUT2D eigenvalue weighted by atomic mass is 19.1. The maximum atomic E-state index is 13.8. The van der Waals surface area contributed by atoms with Crippen LogP contribution in [0.3, 0.4) is 0 Å². The molecule has 0 aliphatic heterocycles. The molecule has 18 heavy (non-hydrogen) atoms. The van der Waals surface area contributed by atoms with Crippen LogP contribution in [0.4, 0.5) is 4.39 Å². The Bertz CT molecular complexity index is 341. The van der Waals surface area contributed by atoms with Gasteiger partial charge in [-0.15, -0.1) is 0 Å². The van der Waals surface area contributed by atoms with Gasteiger partial charge in [0.1, 0.15) is 5.82 Å². The summed E-state index contributed by atoms with van der Waals surface area (Å²) in [7, 11) is 0. The van der Waals surface area contributed by atoms with E-state index in [0.29, 0.717) is 0 Å². The first-order valence-electron chi connectivity index (χ1n) is 6.93. The number of likely N-dealkylation sites (N-methyl/N-ethyl adjacent to an activating group) is 2. The van der Waals surface area contributed by atoms with E-state index in [2.05, 4.69) is 31.0 Å². The molecule has 0 aromatic heterocycles. The molecule has 1 unspecified atom stereocenters. The van der Waals surface area contributed by atoms with E-state index in [0.717, 1.165) is 38.2 Å². The predicted molar refractivity (Wildman–Crippen MR) is 75.2 cm³/mol. The molecule has 2 nitrogen and oxygen atoms in total. The van der Waals surface area contributed by atoms with Crippen LogP contribution in [0.1, 0.15) is 38.8 Å². The van der Waals surface area contributed by atoms with Gasteiger partial charge in [0, 0.05) is 18.2 Å². The molecule has 1 N–H and O–H groups in total. The van der Waals surface area contributed by atoms with E-state index in [4.69, 9.17) is 0 Å². The lowest BCUT2D eigenvalue weighted by Crippen LogP contribution is -2.36. The van der Waals surface area contributed by atoms with E-state index >= 15 is 0 Å². The summed E-state index contributed by atoms with van der Waals surface area (Å²) in [6.07, 6.45) is 1.13. The maximum Gasteiger partial charge on any atom is 0.128 e. The van der Waals surface area contributed by atoms with Gasteiger partial charge in [0.2, 0.25) is 0 Å². The summed E-state index contributed by atoms with van der Waals surface area (Å²) in [6, 6.07) is 7.13. The second-order valence-corrected chi connectivity index (χ2v) is 4.53. The van der Waals surface area contributed by atoms with E-state index < -0.39 is 0 Å². The zero-order valence-electron chi connectivity index (χ0n) is 11.7. The van der Waals surface area contributed by atoms with Gasteiger partial charge >= 0.3 is 0 Å². The molecule has 0 heterocycles. The molecule has 0 fully saturated rings. The van der Waals surface area contributed by atoms with Crippen LogP contribution in [0, 0.1) is 5.82 Å². The topological polar surface area (TPSA) is 15.3 Å². The van der Waals surface area contributed by atoms with Gasteiger partial charge < -0.3 is 10.2 Å². The number of nitrogens with zero attached hydrogens (tertiary/aromatic N) is 1. The first kappa shape index (κ1) is 15.1. The average Bonchev–Trinajstić information content (AvgIpc) is 2.38. The van der Waals surface area contributed by atoms with Gasteiger partial charge in [0.15, 0.2) is 0 Å². The second-order valence-electron chi connectivity index (χ2n) is 4.53. The standard InChI is InChI=1S/C15H25FN2/c1-4-11-18(6-3)12-15(17-5-2)13-9-7-8-10-14(13)16/h7-10,15,17H,4-6,11-12H2,1-3H3. The molecular weight excluding hydrogens is 227 g/mol. The van der Waals surface area contributed by atoms with Crippen molar-refractivity contribution in [2.45, 2.75) is 33.2 Å². The molecule has 0 saturated carbocycles. The maximum absolute atomic E-state index is 13.8. The van der Waals surface area contributed by atoms with Crippen LogP contribution in [-0.4, -0.2) is 31.1 Å². The van der Waals surface area contributed by atoms with Crippen LogP contribution in [0.25, 0.3) is 0 Å². The van der Waals surface area contributed by atoms with E-state index in [9.17, 15) is 4.39 Å². The van der Waals surface area contributed by atoms with Crippen LogP contribution in [0.15, 0.2) is 24.3 Å². The Morgan fingerprint density at radius 3 is 2.50 bits per heavy atom. The summed E-state index contributed by atoms with van der Waals surface area (Å²) in [6.45, 7) is 10.2. The fourth-order valence-corrected chi connectivity index (χ4v) is 2.23. The van der Waals surface area contributed by atoms with Crippen molar-refractivity contribution in [3.05, 3.63) is 35.6 Å². The summed E-state index contributed by atoms with van der Waals surface area (Å²) in [4.78, 5) is 2.36. The van der Waals surface area contributed by atoms with Gasteiger partial charge in [-0.2, -0.15) is 0 Å². The van der Waals surface area contributed by atoms with Crippen molar-refractivity contribution in [2.24, 2.45) is 0 Å². The van der Waals surface area contributed by atoms with Crippen molar-refractivity contribution in [2.75, 3.05) is 26.2 Å². The SMILES string of the molecule is CCCN(CC)CC(NCC)c1ccccc1F. The Labute approximate surface area is 110 Å². The van der Waals surface area contributed by atoms with E-state index in [1.54, 1.807) is 6.07 Å². The quantitative estimate of drug-likeness (QED) is 0.764. The summed E-state index contributed by atoms with van der Waals surface area (Å²) in [5, 5.41) is 3.38. The van der Waals surface area contributed by atoms with E-state index in [1.165, 1.54) is 6.07 Å². The molecule has 1 aromatic rings. The smallest absolute Gasteiger partial charge is 0.128 e. The zero-order valence-corrected chi connectivity index (χ0v) is 11.7. The van der Waals surface area contributed by atoms with Crippen molar-refractivity contribution in [1.29, 1.82) is 0 Å². The van der Waals surface area contributed by atoms with Crippen LogP contribution >= 0.6 is 0 Å². The number of hydrogen-bond donors (Lipinski definition) is 1. The minimum absolute atomic E-state index is 0.0719. The Balaban J connectivity index is 2.79. The normalized spacial score (nSPS) is 12.9. The molecule has 0 spiro atoms. The second kappa shape index (κ2) is 8.22. The number of hydrogen-bond acceptors (Lipinski definition) is 2. The predicted octanol–water partition coefficient (Wildman–Crippen LogP) is 3.21. The molecular formula is C15H25FN2. The Morgan fingerprint density at radius 1 is 1.22 bits per heavy atom. The molecule has 102 valence electrons. The fourth-order valence-electron chi connectivity index (χ4n) is 2.23. The lowest BCUT2D eigenvalue weighted by molar-refractivity contribution is 0.253. The molecule has 0 saturated heterocycles. The van der Waals surface area contributed by atoms with Gasteiger partial charge in [-0.1, -0.05) is 39.0 Å². The Hall–Kier alpha value is -0.930. The van der Waals surface area contributed by atoms with Crippen LogP contribution < -0.4 is 5.32 Å². The Kier molecular flexibility index (Phi) is 6.91. The van der Waals surface area contributed by atoms with Crippen molar-refractivity contribution in [3.8, 4) is 0 Å². The molecule has 1 aromatic carbocycles. The van der Waals surface area contributed by atoms with Crippen LogP contribution in [-0.2, 0) is 0 Å². The first-order valence-corrected chi connectivity index (χ1v) is 6.93. The molecule has 0 amide bonds. The molecule has 1 rings (SSSR count). The first-order chi connectivity index (χ1) is 8.72. The van der Waals surface area contributed by atoms with Gasteiger partial charge in [0.25, 0.3) is 0 Å². The lowest BCUT2D eigenvalue weighted by Gasteiger charge is -2.27.